The second-order valence-electron chi connectivity index (χ2n) is 8.28. The van der Waals surface area contributed by atoms with Gasteiger partial charge in [-0.3, -0.25) is 14.5 Å². The molecule has 38 heavy (non-hydrogen) atoms. The standard InChI is InChI=1S/C23H24N6O7S2/c1-3-35-16-8-6-15(7-9-16)29-21(31)18(28(23(29)37)13-19-22(32)36-26-27(19)2)12-20(30)25-14-4-10-17(11-5-14)38(24,33)34/h4-11,18H,3,12-13H2,1-2H3,(H3-,24,25,26,30,32,33,34). The summed E-state index contributed by atoms with van der Waals surface area (Å²) in [5.74, 6) is -1.08. The lowest BCUT2D eigenvalue weighted by molar-refractivity contribution is -0.746. The van der Waals surface area contributed by atoms with Crippen molar-refractivity contribution in [1.82, 2.24) is 10.2 Å². The molecule has 0 radical (unpaired) electrons. The molecule has 200 valence electrons. The number of ether oxygens (including phenoxy) is 1. The number of carbonyl (C=O) groups is 2. The number of rotatable bonds is 9. The second-order valence-corrected chi connectivity index (χ2v) is 10.2. The fourth-order valence-corrected chi connectivity index (χ4v) is 4.79. The molecular formula is C23H24N6O7S2. The van der Waals surface area contributed by atoms with Crippen LogP contribution in [-0.4, -0.2) is 48.2 Å². The molecular weight excluding hydrogens is 536 g/mol. The Morgan fingerprint density at radius 2 is 1.89 bits per heavy atom. The lowest BCUT2D eigenvalue weighted by atomic mass is 10.1. The highest BCUT2D eigenvalue weighted by molar-refractivity contribution is 7.89. The van der Waals surface area contributed by atoms with Crippen molar-refractivity contribution >= 4 is 50.5 Å². The van der Waals surface area contributed by atoms with E-state index in [1.165, 1.54) is 45.8 Å². The number of aryl methyl sites for hydroxylation is 1. The number of nitrogens with zero attached hydrogens (tertiary/aromatic N) is 4. The number of hydrogen-bond donors (Lipinski definition) is 2. The van der Waals surface area contributed by atoms with Gasteiger partial charge in [0.2, 0.25) is 15.9 Å². The lowest BCUT2D eigenvalue weighted by Crippen LogP contribution is -2.42. The Balaban J connectivity index is 1.59. The second kappa shape index (κ2) is 10.7. The number of benzene rings is 2. The molecule has 15 heteroatoms. The SMILES string of the molecule is CCOc1ccc(N2C(=O)C(CC(=O)Nc3ccc(S(N)(=O)=O)cc3)N(Cc3c([O-])on[n+]3C)C2=S)cc1. The summed E-state index contributed by atoms with van der Waals surface area (Å²) in [6.45, 7) is 2.20. The molecule has 2 amide bonds. The highest BCUT2D eigenvalue weighted by Gasteiger charge is 2.45. The van der Waals surface area contributed by atoms with Gasteiger partial charge in [-0.1, -0.05) is 4.68 Å². The van der Waals surface area contributed by atoms with Crippen LogP contribution in [0.2, 0.25) is 0 Å². The van der Waals surface area contributed by atoms with Gasteiger partial charge in [0.1, 0.15) is 18.3 Å². The summed E-state index contributed by atoms with van der Waals surface area (Å²) in [6.07, 6.45) is -0.313. The van der Waals surface area contributed by atoms with Crippen LogP contribution in [0.25, 0.3) is 0 Å². The predicted octanol–water partition coefficient (Wildman–Crippen LogP) is 0.150. The van der Waals surface area contributed by atoms with E-state index in [0.717, 1.165) is 0 Å². The summed E-state index contributed by atoms with van der Waals surface area (Å²) < 4.78 is 34.3. The minimum atomic E-state index is -3.89. The topological polar surface area (TPSA) is 175 Å². The summed E-state index contributed by atoms with van der Waals surface area (Å²) in [7, 11) is -2.38. The molecule has 4 rings (SSSR count). The average molecular weight is 561 g/mol. The van der Waals surface area contributed by atoms with E-state index >= 15 is 0 Å². The number of primary sulfonamides is 1. The van der Waals surface area contributed by atoms with Gasteiger partial charge in [-0.15, -0.1) is 0 Å². The molecule has 1 unspecified atom stereocenters. The third-order valence-corrected chi connectivity index (χ3v) is 7.11. The van der Waals surface area contributed by atoms with Gasteiger partial charge in [0.05, 0.1) is 28.9 Å². The molecule has 1 fully saturated rings. The Kier molecular flexibility index (Phi) is 7.61. The first kappa shape index (κ1) is 27.0. The smallest absolute Gasteiger partial charge is 0.256 e. The lowest BCUT2D eigenvalue weighted by Gasteiger charge is -2.22. The van der Waals surface area contributed by atoms with Crippen LogP contribution in [0.1, 0.15) is 19.0 Å². The first-order valence-electron chi connectivity index (χ1n) is 11.3. The van der Waals surface area contributed by atoms with Crippen molar-refractivity contribution in [3.05, 3.63) is 54.2 Å². The van der Waals surface area contributed by atoms with Gasteiger partial charge in [-0.05, 0) is 67.7 Å². The van der Waals surface area contributed by atoms with E-state index in [1.54, 1.807) is 24.3 Å². The van der Waals surface area contributed by atoms with Crippen molar-refractivity contribution in [3.63, 3.8) is 0 Å². The third-order valence-electron chi connectivity index (χ3n) is 5.76. The van der Waals surface area contributed by atoms with E-state index in [2.05, 4.69) is 15.1 Å². The Labute approximate surface area is 223 Å². The first-order chi connectivity index (χ1) is 18.0. The van der Waals surface area contributed by atoms with Crippen molar-refractivity contribution in [3.8, 4) is 11.7 Å². The van der Waals surface area contributed by atoms with Gasteiger partial charge in [-0.2, -0.15) is 0 Å². The Morgan fingerprint density at radius 3 is 2.45 bits per heavy atom. The predicted molar refractivity (Wildman–Crippen MR) is 135 cm³/mol. The van der Waals surface area contributed by atoms with Crippen LogP contribution in [0.4, 0.5) is 11.4 Å². The Hall–Kier alpha value is -4.08. The van der Waals surface area contributed by atoms with E-state index in [4.69, 9.17) is 22.1 Å². The summed E-state index contributed by atoms with van der Waals surface area (Å²) in [5, 5.41) is 23.6. The van der Waals surface area contributed by atoms with Crippen molar-refractivity contribution in [2.45, 2.75) is 30.8 Å². The van der Waals surface area contributed by atoms with Crippen LogP contribution >= 0.6 is 12.2 Å². The van der Waals surface area contributed by atoms with Crippen LogP contribution in [0.3, 0.4) is 0 Å². The Bertz CT molecular complexity index is 1450. The average Bonchev–Trinajstić information content (AvgIpc) is 3.30. The zero-order chi connectivity index (χ0) is 27.6. The van der Waals surface area contributed by atoms with Crippen LogP contribution in [0, 0.1) is 0 Å². The molecule has 2 heterocycles. The highest BCUT2D eigenvalue weighted by atomic mass is 32.2. The molecule has 0 bridgehead atoms. The van der Waals surface area contributed by atoms with Crippen LogP contribution < -0.4 is 29.9 Å². The molecule has 1 saturated heterocycles. The molecule has 2 aromatic carbocycles. The highest BCUT2D eigenvalue weighted by Crippen LogP contribution is 2.30. The molecule has 1 aromatic heterocycles. The van der Waals surface area contributed by atoms with Gasteiger partial charge < -0.3 is 24.6 Å². The molecule has 0 spiro atoms. The van der Waals surface area contributed by atoms with Gasteiger partial charge >= 0.3 is 0 Å². The number of carbonyl (C=O) groups excluding carboxylic acids is 2. The maximum Gasteiger partial charge on any atom is 0.256 e. The Morgan fingerprint density at radius 1 is 1.24 bits per heavy atom. The fourth-order valence-electron chi connectivity index (χ4n) is 3.89. The minimum absolute atomic E-state index is 0.0927. The molecule has 1 atom stereocenters. The molecule has 1 aliphatic heterocycles. The maximum atomic E-state index is 13.6. The molecule has 0 aliphatic carbocycles. The molecule has 13 nitrogen and oxygen atoms in total. The number of amides is 2. The van der Waals surface area contributed by atoms with Gasteiger partial charge in [0.15, 0.2) is 18.1 Å². The summed E-state index contributed by atoms with van der Waals surface area (Å²) in [5.41, 5.74) is 0.905. The van der Waals surface area contributed by atoms with E-state index in [9.17, 15) is 23.1 Å². The fraction of sp³-hybridized carbons (Fsp3) is 0.261. The van der Waals surface area contributed by atoms with Crippen molar-refractivity contribution in [1.29, 1.82) is 0 Å². The number of hydrogen-bond acceptors (Lipinski definition) is 9. The number of aromatic nitrogens is 2. The molecule has 3 N–H and O–H groups in total. The monoisotopic (exact) mass is 560 g/mol. The molecule has 0 saturated carbocycles. The van der Waals surface area contributed by atoms with Crippen molar-refractivity contribution < 1.29 is 37.1 Å². The van der Waals surface area contributed by atoms with E-state index in [0.29, 0.717) is 23.7 Å². The molecule has 3 aromatic rings. The zero-order valence-corrected chi connectivity index (χ0v) is 22.0. The minimum Gasteiger partial charge on any atom is -0.539 e. The van der Waals surface area contributed by atoms with Gasteiger partial charge in [0.25, 0.3) is 11.6 Å². The van der Waals surface area contributed by atoms with Gasteiger partial charge in [0, 0.05) is 5.69 Å². The van der Waals surface area contributed by atoms with Crippen LogP contribution in [-0.2, 0) is 33.2 Å². The quantitative estimate of drug-likeness (QED) is 0.271. The number of thiocarbonyl (C=S) groups is 1. The third kappa shape index (κ3) is 5.58. The number of anilines is 2. The summed E-state index contributed by atoms with van der Waals surface area (Å²) in [6, 6.07) is 10.9. The van der Waals surface area contributed by atoms with E-state index < -0.39 is 33.8 Å². The summed E-state index contributed by atoms with van der Waals surface area (Å²) in [4.78, 5) is 29.1. The number of nitrogens with two attached hydrogens (primary N) is 1. The largest absolute Gasteiger partial charge is 0.539 e. The zero-order valence-electron chi connectivity index (χ0n) is 20.4. The van der Waals surface area contributed by atoms with Crippen LogP contribution in [0.5, 0.6) is 11.7 Å². The first-order valence-corrected chi connectivity index (χ1v) is 13.3. The van der Waals surface area contributed by atoms with Crippen molar-refractivity contribution in [2.24, 2.45) is 12.2 Å². The summed E-state index contributed by atoms with van der Waals surface area (Å²) >= 11 is 5.61. The normalized spacial score (nSPS) is 15.7. The maximum absolute atomic E-state index is 13.6. The number of sulfonamides is 1. The van der Waals surface area contributed by atoms with E-state index in [-0.39, 0.29) is 28.7 Å². The van der Waals surface area contributed by atoms with E-state index in [1.807, 2.05) is 6.92 Å². The molecule has 1 aliphatic rings. The van der Waals surface area contributed by atoms with Crippen molar-refractivity contribution in [2.75, 3.05) is 16.8 Å². The number of nitrogens with one attached hydrogen (secondary N) is 1. The van der Waals surface area contributed by atoms with Gasteiger partial charge in [-0.25, -0.2) is 13.6 Å². The van der Waals surface area contributed by atoms with Crippen LogP contribution in [0.15, 0.2) is 57.9 Å².